The van der Waals surface area contributed by atoms with Crippen LogP contribution in [0.2, 0.25) is 0 Å². The molecule has 0 radical (unpaired) electrons. The predicted octanol–water partition coefficient (Wildman–Crippen LogP) is 5.02. The lowest BCUT2D eigenvalue weighted by Gasteiger charge is -2.18. The molecular weight excluding hydrogens is 287 g/mol. The van der Waals surface area contributed by atoms with Crippen molar-refractivity contribution in [2.75, 3.05) is 6.61 Å². The zero-order valence-electron chi connectivity index (χ0n) is 13.5. The van der Waals surface area contributed by atoms with Crippen LogP contribution in [0, 0.1) is 19.8 Å². The highest BCUT2D eigenvalue weighted by molar-refractivity contribution is 7.47. The van der Waals surface area contributed by atoms with Crippen molar-refractivity contribution in [3.05, 3.63) is 29.3 Å². The highest BCUT2D eigenvalue weighted by Crippen LogP contribution is 2.45. The average molecular weight is 314 g/mol. The Kier molecular flexibility index (Phi) is 7.44. The van der Waals surface area contributed by atoms with Gasteiger partial charge in [0.05, 0.1) is 6.61 Å². The Labute approximate surface area is 128 Å². The van der Waals surface area contributed by atoms with Crippen molar-refractivity contribution in [2.45, 2.75) is 53.4 Å². The molecule has 0 saturated carbocycles. The molecule has 0 aliphatic carbocycles. The molecule has 1 N–H and O–H groups in total. The van der Waals surface area contributed by atoms with E-state index >= 15 is 0 Å². The van der Waals surface area contributed by atoms with Gasteiger partial charge in [0, 0.05) is 0 Å². The van der Waals surface area contributed by atoms with Crippen molar-refractivity contribution < 1.29 is 18.5 Å². The first-order valence-electron chi connectivity index (χ1n) is 7.62. The zero-order chi connectivity index (χ0) is 15.9. The minimum absolute atomic E-state index is 0.259. The fourth-order valence-electron chi connectivity index (χ4n) is 2.15. The van der Waals surface area contributed by atoms with Crippen LogP contribution in [0.3, 0.4) is 0 Å². The molecule has 0 amide bonds. The van der Waals surface area contributed by atoms with Crippen LogP contribution >= 0.6 is 7.82 Å². The fraction of sp³-hybridized carbons (Fsp3) is 0.625. The molecule has 21 heavy (non-hydrogen) atoms. The van der Waals surface area contributed by atoms with E-state index in [0.29, 0.717) is 11.7 Å². The van der Waals surface area contributed by atoms with Gasteiger partial charge in [-0.1, -0.05) is 50.8 Å². The van der Waals surface area contributed by atoms with E-state index in [4.69, 9.17) is 9.05 Å². The maximum atomic E-state index is 12.0. The fourth-order valence-corrected chi connectivity index (χ4v) is 3.06. The summed E-state index contributed by atoms with van der Waals surface area (Å²) in [5, 5.41) is 0. The standard InChI is InChI=1S/C16H27O4P/c1-5-7-8-15(6-2)12-19-21(17,18)20-16-10-9-13(3)11-14(16)4/h9-11,15H,5-8,12H2,1-4H3,(H,17,18). The molecule has 4 nitrogen and oxygen atoms in total. The predicted molar refractivity (Wildman–Crippen MR) is 85.6 cm³/mol. The second-order valence-corrected chi connectivity index (χ2v) is 6.92. The molecule has 0 fully saturated rings. The van der Waals surface area contributed by atoms with Crippen LogP contribution in [0.5, 0.6) is 5.75 Å². The molecule has 1 aromatic carbocycles. The van der Waals surface area contributed by atoms with Gasteiger partial charge >= 0.3 is 7.82 Å². The summed E-state index contributed by atoms with van der Waals surface area (Å²) in [6.45, 7) is 8.27. The molecule has 0 aliphatic heterocycles. The van der Waals surface area contributed by atoms with Gasteiger partial charge in [0.25, 0.3) is 0 Å². The van der Waals surface area contributed by atoms with Crippen LogP contribution < -0.4 is 4.52 Å². The van der Waals surface area contributed by atoms with Crippen molar-refractivity contribution in [3.8, 4) is 5.75 Å². The van der Waals surface area contributed by atoms with E-state index in [1.165, 1.54) is 0 Å². The summed E-state index contributed by atoms with van der Waals surface area (Å²) in [6, 6.07) is 5.45. The summed E-state index contributed by atoms with van der Waals surface area (Å²) >= 11 is 0. The van der Waals surface area contributed by atoms with Gasteiger partial charge in [-0.3, -0.25) is 9.42 Å². The quantitative estimate of drug-likeness (QED) is 0.650. The average Bonchev–Trinajstić information content (AvgIpc) is 2.42. The first-order chi connectivity index (χ1) is 9.88. The lowest BCUT2D eigenvalue weighted by Crippen LogP contribution is -2.09. The van der Waals surface area contributed by atoms with Crippen LogP contribution in [-0.4, -0.2) is 11.5 Å². The molecule has 1 rings (SSSR count). The first-order valence-corrected chi connectivity index (χ1v) is 9.11. The molecule has 0 spiro atoms. The highest BCUT2D eigenvalue weighted by Gasteiger charge is 2.25. The number of hydrogen-bond donors (Lipinski definition) is 1. The number of hydrogen-bond acceptors (Lipinski definition) is 3. The van der Waals surface area contributed by atoms with E-state index in [2.05, 4.69) is 13.8 Å². The summed E-state index contributed by atoms with van der Waals surface area (Å²) in [4.78, 5) is 9.84. The molecule has 0 aromatic heterocycles. The van der Waals surface area contributed by atoms with E-state index in [9.17, 15) is 9.46 Å². The Balaban J connectivity index is 2.58. The van der Waals surface area contributed by atoms with Crippen molar-refractivity contribution in [1.29, 1.82) is 0 Å². The van der Waals surface area contributed by atoms with Gasteiger partial charge < -0.3 is 4.52 Å². The van der Waals surface area contributed by atoms with E-state index in [1.54, 1.807) is 6.07 Å². The normalized spacial score (nSPS) is 15.5. The molecular formula is C16H27O4P. The summed E-state index contributed by atoms with van der Waals surface area (Å²) in [7, 11) is -4.06. The Bertz CT molecular complexity index is 487. The number of rotatable bonds is 9. The van der Waals surface area contributed by atoms with Crippen LogP contribution in [0.1, 0.15) is 50.7 Å². The number of benzene rings is 1. The molecule has 0 bridgehead atoms. The molecule has 0 heterocycles. The minimum atomic E-state index is -4.06. The van der Waals surface area contributed by atoms with E-state index in [1.807, 2.05) is 26.0 Å². The van der Waals surface area contributed by atoms with Crippen LogP contribution in [0.4, 0.5) is 0 Å². The maximum Gasteiger partial charge on any atom is 0.527 e. The molecule has 120 valence electrons. The summed E-state index contributed by atoms with van der Waals surface area (Å²) in [6.07, 6.45) is 4.17. The summed E-state index contributed by atoms with van der Waals surface area (Å²) in [5.41, 5.74) is 1.91. The topological polar surface area (TPSA) is 55.8 Å². The van der Waals surface area contributed by atoms with Crippen molar-refractivity contribution >= 4 is 7.82 Å². The van der Waals surface area contributed by atoms with E-state index in [-0.39, 0.29) is 6.61 Å². The first kappa shape index (κ1) is 18.2. The maximum absolute atomic E-state index is 12.0. The second kappa shape index (κ2) is 8.57. The smallest absolute Gasteiger partial charge is 0.404 e. The minimum Gasteiger partial charge on any atom is -0.404 e. The molecule has 2 unspecified atom stereocenters. The number of phosphoric ester groups is 1. The highest BCUT2D eigenvalue weighted by atomic mass is 31.2. The number of phosphoric acid groups is 1. The molecule has 1 aromatic rings. The van der Waals surface area contributed by atoms with Gasteiger partial charge in [0.15, 0.2) is 0 Å². The largest absolute Gasteiger partial charge is 0.527 e. The summed E-state index contributed by atoms with van der Waals surface area (Å²) < 4.78 is 22.4. The Morgan fingerprint density at radius 1 is 1.29 bits per heavy atom. The summed E-state index contributed by atoms with van der Waals surface area (Å²) in [5.74, 6) is 0.696. The van der Waals surface area contributed by atoms with Crippen LogP contribution in [0.15, 0.2) is 18.2 Å². The van der Waals surface area contributed by atoms with Gasteiger partial charge in [-0.2, -0.15) is 0 Å². The van der Waals surface area contributed by atoms with Gasteiger partial charge in [-0.05, 0) is 37.8 Å². The number of aryl methyl sites for hydroxylation is 2. The third-order valence-electron chi connectivity index (χ3n) is 3.56. The lowest BCUT2D eigenvalue weighted by atomic mass is 10.0. The van der Waals surface area contributed by atoms with Crippen molar-refractivity contribution in [2.24, 2.45) is 5.92 Å². The van der Waals surface area contributed by atoms with Gasteiger partial charge in [-0.25, -0.2) is 4.57 Å². The Hall–Kier alpha value is -0.830. The van der Waals surface area contributed by atoms with Gasteiger partial charge in [-0.15, -0.1) is 0 Å². The molecule has 0 aliphatic rings. The monoisotopic (exact) mass is 314 g/mol. The van der Waals surface area contributed by atoms with Crippen LogP contribution in [0.25, 0.3) is 0 Å². The third-order valence-corrected chi connectivity index (χ3v) is 4.46. The van der Waals surface area contributed by atoms with E-state index < -0.39 is 7.82 Å². The molecule has 5 heteroatoms. The number of unbranched alkanes of at least 4 members (excludes halogenated alkanes) is 1. The molecule has 0 saturated heterocycles. The third kappa shape index (κ3) is 6.64. The van der Waals surface area contributed by atoms with Crippen molar-refractivity contribution in [3.63, 3.8) is 0 Å². The van der Waals surface area contributed by atoms with Gasteiger partial charge in [0.2, 0.25) is 0 Å². The zero-order valence-corrected chi connectivity index (χ0v) is 14.4. The Morgan fingerprint density at radius 3 is 2.57 bits per heavy atom. The second-order valence-electron chi connectivity index (χ2n) is 5.54. The SMILES string of the molecule is CCCCC(CC)COP(=O)(O)Oc1ccc(C)cc1C. The van der Waals surface area contributed by atoms with E-state index in [0.717, 1.165) is 36.8 Å². The van der Waals surface area contributed by atoms with Gasteiger partial charge in [0.1, 0.15) is 5.75 Å². The van der Waals surface area contributed by atoms with Crippen molar-refractivity contribution in [1.82, 2.24) is 0 Å². The lowest BCUT2D eigenvalue weighted by molar-refractivity contribution is 0.166. The molecule has 2 atom stereocenters. The Morgan fingerprint density at radius 2 is 2.00 bits per heavy atom. The van der Waals surface area contributed by atoms with Crippen LogP contribution in [-0.2, 0) is 9.09 Å².